The molecule has 0 bridgehead atoms. The molecule has 0 saturated carbocycles. The topological polar surface area (TPSA) is 47.0 Å². The molecule has 0 atom stereocenters. The molecule has 0 saturated heterocycles. The maximum Gasteiger partial charge on any atom is 0.158 e. The summed E-state index contributed by atoms with van der Waals surface area (Å²) in [4.78, 5) is 11.7. The molecule has 5 heteroatoms. The van der Waals surface area contributed by atoms with E-state index in [9.17, 15) is 0 Å². The van der Waals surface area contributed by atoms with Crippen LogP contribution >= 0.6 is 11.3 Å². The largest absolute Gasteiger partial charge is 0.373 e. The normalized spacial score (nSPS) is 11.2. The SMILES string of the molecule is CCCCOCc1nc(NCCC)c2c(C)c(C)sc2n1. The number of nitrogens with one attached hydrogen (secondary N) is 1. The van der Waals surface area contributed by atoms with Gasteiger partial charge in [0.25, 0.3) is 0 Å². The first-order valence-electron chi connectivity index (χ1n) is 7.75. The maximum absolute atomic E-state index is 5.66. The number of aryl methyl sites for hydroxylation is 2. The Bertz CT molecular complexity index is 595. The number of fused-ring (bicyclic) bond motifs is 1. The van der Waals surface area contributed by atoms with Crippen molar-refractivity contribution >= 4 is 27.4 Å². The molecule has 0 aliphatic heterocycles. The van der Waals surface area contributed by atoms with Crippen LogP contribution in [-0.2, 0) is 11.3 Å². The van der Waals surface area contributed by atoms with Crippen LogP contribution in [0.1, 0.15) is 49.4 Å². The summed E-state index contributed by atoms with van der Waals surface area (Å²) < 4.78 is 5.66. The van der Waals surface area contributed by atoms with E-state index in [1.54, 1.807) is 11.3 Å². The van der Waals surface area contributed by atoms with Crippen LogP contribution in [0.3, 0.4) is 0 Å². The molecule has 2 aromatic rings. The Kier molecular flexibility index (Phi) is 5.94. The Morgan fingerprint density at radius 2 is 1.95 bits per heavy atom. The second-order valence-electron chi connectivity index (χ2n) is 5.28. The quantitative estimate of drug-likeness (QED) is 0.732. The van der Waals surface area contributed by atoms with Gasteiger partial charge in [0.2, 0.25) is 0 Å². The van der Waals surface area contributed by atoms with Gasteiger partial charge in [-0.05, 0) is 32.3 Å². The van der Waals surface area contributed by atoms with E-state index >= 15 is 0 Å². The van der Waals surface area contributed by atoms with Crippen molar-refractivity contribution in [3.05, 3.63) is 16.3 Å². The average Bonchev–Trinajstić information content (AvgIpc) is 2.76. The zero-order chi connectivity index (χ0) is 15.2. The molecule has 2 heterocycles. The molecule has 0 unspecified atom stereocenters. The number of thiophene rings is 1. The zero-order valence-corrected chi connectivity index (χ0v) is 14.3. The summed E-state index contributed by atoms with van der Waals surface area (Å²) in [6.45, 7) is 10.8. The molecule has 0 aliphatic rings. The van der Waals surface area contributed by atoms with Crippen molar-refractivity contribution in [1.29, 1.82) is 0 Å². The highest BCUT2D eigenvalue weighted by Crippen LogP contribution is 2.33. The highest BCUT2D eigenvalue weighted by molar-refractivity contribution is 7.18. The Labute approximate surface area is 131 Å². The van der Waals surface area contributed by atoms with Crippen molar-refractivity contribution < 1.29 is 4.74 Å². The van der Waals surface area contributed by atoms with Crippen LogP contribution in [0.15, 0.2) is 0 Å². The number of rotatable bonds is 8. The minimum absolute atomic E-state index is 0.493. The highest BCUT2D eigenvalue weighted by Gasteiger charge is 2.14. The van der Waals surface area contributed by atoms with E-state index in [4.69, 9.17) is 4.74 Å². The smallest absolute Gasteiger partial charge is 0.158 e. The van der Waals surface area contributed by atoms with Crippen LogP contribution in [0.25, 0.3) is 10.2 Å². The lowest BCUT2D eigenvalue weighted by atomic mass is 10.2. The fraction of sp³-hybridized carbons (Fsp3) is 0.625. The van der Waals surface area contributed by atoms with Gasteiger partial charge in [-0.25, -0.2) is 9.97 Å². The molecule has 0 spiro atoms. The van der Waals surface area contributed by atoms with Crippen LogP contribution in [0.5, 0.6) is 0 Å². The Balaban J connectivity index is 2.26. The molecule has 0 aromatic carbocycles. The summed E-state index contributed by atoms with van der Waals surface area (Å²) in [6, 6.07) is 0. The first-order chi connectivity index (χ1) is 10.2. The highest BCUT2D eigenvalue weighted by atomic mass is 32.1. The van der Waals surface area contributed by atoms with Crippen LogP contribution in [-0.4, -0.2) is 23.1 Å². The lowest BCUT2D eigenvalue weighted by Crippen LogP contribution is -2.07. The van der Waals surface area contributed by atoms with E-state index in [1.807, 2.05) is 0 Å². The molecule has 116 valence electrons. The monoisotopic (exact) mass is 307 g/mol. The Morgan fingerprint density at radius 1 is 1.14 bits per heavy atom. The summed E-state index contributed by atoms with van der Waals surface area (Å²) in [7, 11) is 0. The van der Waals surface area contributed by atoms with E-state index in [-0.39, 0.29) is 0 Å². The standard InChI is InChI=1S/C16H25N3OS/c1-5-7-9-20-10-13-18-15(17-8-6-2)14-11(3)12(4)21-16(14)19-13/h5-10H2,1-4H3,(H,17,18,19). The van der Waals surface area contributed by atoms with Crippen LogP contribution in [0.4, 0.5) is 5.82 Å². The van der Waals surface area contributed by atoms with Gasteiger partial charge in [-0.15, -0.1) is 11.3 Å². The molecule has 21 heavy (non-hydrogen) atoms. The van der Waals surface area contributed by atoms with Gasteiger partial charge in [0, 0.05) is 18.0 Å². The minimum Gasteiger partial charge on any atom is -0.373 e. The predicted octanol–water partition coefficient (Wildman–Crippen LogP) is 4.45. The molecular formula is C16H25N3OS. The van der Waals surface area contributed by atoms with E-state index < -0.39 is 0 Å². The summed E-state index contributed by atoms with van der Waals surface area (Å²) in [5.74, 6) is 1.73. The average molecular weight is 307 g/mol. The molecule has 0 amide bonds. The number of aromatic nitrogens is 2. The van der Waals surface area contributed by atoms with Crippen LogP contribution < -0.4 is 5.32 Å². The van der Waals surface area contributed by atoms with Crippen molar-refractivity contribution in [3.63, 3.8) is 0 Å². The van der Waals surface area contributed by atoms with E-state index in [0.717, 1.165) is 48.9 Å². The lowest BCUT2D eigenvalue weighted by molar-refractivity contribution is 0.113. The first kappa shape index (κ1) is 16.2. The fourth-order valence-electron chi connectivity index (χ4n) is 2.14. The number of hydrogen-bond donors (Lipinski definition) is 1. The Hall–Kier alpha value is -1.20. The molecule has 0 radical (unpaired) electrons. The van der Waals surface area contributed by atoms with Gasteiger partial charge in [0.15, 0.2) is 5.82 Å². The van der Waals surface area contributed by atoms with Gasteiger partial charge in [-0.1, -0.05) is 20.3 Å². The van der Waals surface area contributed by atoms with Gasteiger partial charge in [0.05, 0.1) is 5.39 Å². The van der Waals surface area contributed by atoms with Gasteiger partial charge in [-0.3, -0.25) is 0 Å². The maximum atomic E-state index is 5.66. The van der Waals surface area contributed by atoms with Crippen LogP contribution in [0.2, 0.25) is 0 Å². The number of nitrogens with zero attached hydrogens (tertiary/aromatic N) is 2. The van der Waals surface area contributed by atoms with Crippen LogP contribution in [0, 0.1) is 13.8 Å². The summed E-state index contributed by atoms with van der Waals surface area (Å²) >= 11 is 1.74. The number of anilines is 1. The third-order valence-electron chi connectivity index (χ3n) is 3.49. The molecule has 0 fully saturated rings. The second kappa shape index (κ2) is 7.71. The minimum atomic E-state index is 0.493. The molecule has 2 aromatic heterocycles. The van der Waals surface area contributed by atoms with Gasteiger partial charge < -0.3 is 10.1 Å². The number of ether oxygens (including phenoxy) is 1. The lowest BCUT2D eigenvalue weighted by Gasteiger charge is -2.09. The Morgan fingerprint density at radius 3 is 2.67 bits per heavy atom. The molecule has 0 aliphatic carbocycles. The fourth-order valence-corrected chi connectivity index (χ4v) is 3.19. The van der Waals surface area contributed by atoms with Crippen molar-refractivity contribution in [2.45, 2.75) is 53.6 Å². The number of hydrogen-bond acceptors (Lipinski definition) is 5. The molecule has 4 nitrogen and oxygen atoms in total. The molecular weight excluding hydrogens is 282 g/mol. The summed E-state index contributed by atoms with van der Waals surface area (Å²) in [6.07, 6.45) is 3.31. The zero-order valence-electron chi connectivity index (χ0n) is 13.5. The summed E-state index contributed by atoms with van der Waals surface area (Å²) in [5.41, 5.74) is 1.28. The van der Waals surface area contributed by atoms with Crippen molar-refractivity contribution in [3.8, 4) is 0 Å². The van der Waals surface area contributed by atoms with Crippen molar-refractivity contribution in [2.75, 3.05) is 18.5 Å². The second-order valence-corrected chi connectivity index (χ2v) is 6.49. The van der Waals surface area contributed by atoms with E-state index in [2.05, 4.69) is 43.0 Å². The first-order valence-corrected chi connectivity index (χ1v) is 8.57. The van der Waals surface area contributed by atoms with Crippen molar-refractivity contribution in [1.82, 2.24) is 9.97 Å². The third kappa shape index (κ3) is 3.92. The molecule has 2 rings (SSSR count). The molecule has 1 N–H and O–H groups in total. The van der Waals surface area contributed by atoms with E-state index in [1.165, 1.54) is 15.8 Å². The van der Waals surface area contributed by atoms with Gasteiger partial charge in [0.1, 0.15) is 17.3 Å². The van der Waals surface area contributed by atoms with Gasteiger partial charge in [-0.2, -0.15) is 0 Å². The number of unbranched alkanes of at least 4 members (excludes halogenated alkanes) is 1. The van der Waals surface area contributed by atoms with E-state index in [0.29, 0.717) is 6.61 Å². The summed E-state index contributed by atoms with van der Waals surface area (Å²) in [5, 5.41) is 4.60. The predicted molar refractivity (Wildman–Crippen MR) is 90.2 cm³/mol. The van der Waals surface area contributed by atoms with Gasteiger partial charge >= 0.3 is 0 Å². The van der Waals surface area contributed by atoms with Crippen molar-refractivity contribution in [2.24, 2.45) is 0 Å². The third-order valence-corrected chi connectivity index (χ3v) is 4.59.